The largest absolute Gasteiger partial charge is 0.481 e. The molecule has 6 nitrogen and oxygen atoms in total. The number of carboxylic acids is 1. The topological polar surface area (TPSA) is 88.3 Å². The van der Waals surface area contributed by atoms with Crippen LogP contribution in [0.3, 0.4) is 0 Å². The van der Waals surface area contributed by atoms with Crippen LogP contribution in [0.4, 0.5) is 0 Å². The smallest absolute Gasteiger partial charge is 0.303 e. The van der Waals surface area contributed by atoms with Crippen LogP contribution in [0.1, 0.15) is 32.1 Å². The Kier molecular flexibility index (Phi) is 5.89. The van der Waals surface area contributed by atoms with Crippen molar-refractivity contribution in [1.29, 1.82) is 0 Å². The minimum absolute atomic E-state index is 0.231. The average molecular weight is 309 g/mol. The number of carbonyl (C=O) groups is 1. The van der Waals surface area contributed by atoms with Crippen LogP contribution in [0.25, 0.3) is 11.4 Å². The first-order valence-electron chi connectivity index (χ1n) is 6.93. The average Bonchev–Trinajstić information content (AvgIpc) is 3.11. The summed E-state index contributed by atoms with van der Waals surface area (Å²) in [7, 11) is 0. The number of nitrogens with one attached hydrogen (secondary N) is 1. The molecule has 2 aromatic rings. The molecule has 2 aromatic heterocycles. The van der Waals surface area contributed by atoms with Crippen molar-refractivity contribution in [3.8, 4) is 11.4 Å². The Hall–Kier alpha value is -1.73. The summed E-state index contributed by atoms with van der Waals surface area (Å²) in [5.74, 6) is 0.830. The molecule has 0 bridgehead atoms. The van der Waals surface area contributed by atoms with Crippen molar-refractivity contribution in [2.24, 2.45) is 5.92 Å². The van der Waals surface area contributed by atoms with Crippen LogP contribution in [-0.2, 0) is 11.3 Å². The number of carboxylic acid groups (broad SMARTS) is 1. The number of hydrogen-bond donors (Lipinski definition) is 2. The van der Waals surface area contributed by atoms with E-state index in [0.29, 0.717) is 30.6 Å². The molecule has 0 aliphatic carbocycles. The highest BCUT2D eigenvalue weighted by atomic mass is 32.1. The van der Waals surface area contributed by atoms with Gasteiger partial charge in [0.25, 0.3) is 0 Å². The van der Waals surface area contributed by atoms with Gasteiger partial charge in [-0.25, -0.2) is 0 Å². The van der Waals surface area contributed by atoms with Gasteiger partial charge in [0, 0.05) is 17.4 Å². The fourth-order valence-corrected chi connectivity index (χ4v) is 2.53. The highest BCUT2D eigenvalue weighted by molar-refractivity contribution is 7.08. The summed E-state index contributed by atoms with van der Waals surface area (Å²) in [5, 5.41) is 19.7. The monoisotopic (exact) mass is 309 g/mol. The standard InChI is InChI=1S/C14H19N3O3S/c1-10(2-3-13(18)19)4-6-15-8-12-16-14(17-20-12)11-5-7-21-9-11/h5,7,9-10,15H,2-4,6,8H2,1H3,(H,18,19). The van der Waals surface area contributed by atoms with Gasteiger partial charge in [0.05, 0.1) is 6.54 Å². The third-order valence-electron chi connectivity index (χ3n) is 3.19. The van der Waals surface area contributed by atoms with Crippen molar-refractivity contribution in [1.82, 2.24) is 15.5 Å². The normalized spacial score (nSPS) is 12.4. The van der Waals surface area contributed by atoms with Crippen molar-refractivity contribution in [2.75, 3.05) is 6.54 Å². The lowest BCUT2D eigenvalue weighted by molar-refractivity contribution is -0.137. The number of nitrogens with zero attached hydrogens (tertiary/aromatic N) is 2. The number of thiophene rings is 1. The molecule has 0 aliphatic heterocycles. The predicted octanol–water partition coefficient (Wildman–Crippen LogP) is 2.78. The zero-order chi connectivity index (χ0) is 15.1. The van der Waals surface area contributed by atoms with Crippen LogP contribution in [0.5, 0.6) is 0 Å². The molecule has 0 aromatic carbocycles. The predicted molar refractivity (Wildman–Crippen MR) is 80.0 cm³/mol. The van der Waals surface area contributed by atoms with E-state index in [4.69, 9.17) is 9.63 Å². The first-order valence-corrected chi connectivity index (χ1v) is 7.87. The second kappa shape index (κ2) is 7.90. The van der Waals surface area contributed by atoms with Gasteiger partial charge in [0.2, 0.25) is 11.7 Å². The van der Waals surface area contributed by atoms with E-state index in [1.165, 1.54) is 0 Å². The molecule has 0 fully saturated rings. The third-order valence-corrected chi connectivity index (χ3v) is 3.87. The Labute approximate surface area is 127 Å². The maximum absolute atomic E-state index is 10.5. The molecule has 114 valence electrons. The van der Waals surface area contributed by atoms with E-state index < -0.39 is 5.97 Å². The van der Waals surface area contributed by atoms with E-state index in [-0.39, 0.29) is 6.42 Å². The molecule has 0 saturated heterocycles. The summed E-state index contributed by atoms with van der Waals surface area (Å²) in [6.07, 6.45) is 1.87. The molecule has 0 spiro atoms. The maximum atomic E-state index is 10.5. The molecule has 7 heteroatoms. The Morgan fingerprint density at radius 2 is 2.38 bits per heavy atom. The van der Waals surface area contributed by atoms with Crippen LogP contribution >= 0.6 is 11.3 Å². The lowest BCUT2D eigenvalue weighted by Crippen LogP contribution is -2.17. The zero-order valence-electron chi connectivity index (χ0n) is 11.9. The molecule has 0 saturated carbocycles. The minimum Gasteiger partial charge on any atom is -0.481 e. The van der Waals surface area contributed by atoms with Gasteiger partial charge in [-0.05, 0) is 36.8 Å². The van der Waals surface area contributed by atoms with E-state index in [1.807, 2.05) is 16.8 Å². The Morgan fingerprint density at radius 3 is 3.10 bits per heavy atom. The number of aliphatic carboxylic acids is 1. The van der Waals surface area contributed by atoms with Crippen molar-refractivity contribution >= 4 is 17.3 Å². The van der Waals surface area contributed by atoms with Gasteiger partial charge >= 0.3 is 5.97 Å². The van der Waals surface area contributed by atoms with Gasteiger partial charge in [0.1, 0.15) is 0 Å². The first-order chi connectivity index (χ1) is 10.1. The molecule has 0 aliphatic rings. The minimum atomic E-state index is -0.735. The second-order valence-corrected chi connectivity index (χ2v) is 5.81. The lowest BCUT2D eigenvalue weighted by Gasteiger charge is -2.09. The summed E-state index contributed by atoms with van der Waals surface area (Å²) in [4.78, 5) is 14.8. The van der Waals surface area contributed by atoms with Crippen molar-refractivity contribution < 1.29 is 14.4 Å². The van der Waals surface area contributed by atoms with E-state index in [9.17, 15) is 4.79 Å². The molecule has 0 radical (unpaired) electrons. The van der Waals surface area contributed by atoms with Crippen molar-refractivity contribution in [2.45, 2.75) is 32.7 Å². The molecule has 2 rings (SSSR count). The molecule has 0 amide bonds. The molecule has 1 unspecified atom stereocenters. The van der Waals surface area contributed by atoms with Crippen LogP contribution in [-0.4, -0.2) is 27.8 Å². The van der Waals surface area contributed by atoms with Crippen LogP contribution < -0.4 is 5.32 Å². The lowest BCUT2D eigenvalue weighted by atomic mass is 10.0. The second-order valence-electron chi connectivity index (χ2n) is 5.03. The van der Waals surface area contributed by atoms with E-state index in [0.717, 1.165) is 18.5 Å². The van der Waals surface area contributed by atoms with E-state index in [2.05, 4.69) is 22.4 Å². The van der Waals surface area contributed by atoms with Crippen LogP contribution in [0, 0.1) is 5.92 Å². The van der Waals surface area contributed by atoms with Gasteiger partial charge in [-0.3, -0.25) is 4.79 Å². The van der Waals surface area contributed by atoms with Crippen LogP contribution in [0.15, 0.2) is 21.3 Å². The van der Waals surface area contributed by atoms with E-state index in [1.54, 1.807) is 11.3 Å². The SMILES string of the molecule is CC(CCNCc1nc(-c2ccsc2)no1)CCC(=O)O. The van der Waals surface area contributed by atoms with Gasteiger partial charge in [0.15, 0.2) is 0 Å². The highest BCUT2D eigenvalue weighted by Gasteiger charge is 2.09. The van der Waals surface area contributed by atoms with Crippen LogP contribution in [0.2, 0.25) is 0 Å². The third kappa shape index (κ3) is 5.28. The molecule has 2 N–H and O–H groups in total. The molecule has 21 heavy (non-hydrogen) atoms. The first kappa shape index (κ1) is 15.7. The number of aromatic nitrogens is 2. The molecule has 2 heterocycles. The number of hydrogen-bond acceptors (Lipinski definition) is 6. The summed E-state index contributed by atoms with van der Waals surface area (Å²) >= 11 is 1.60. The fourth-order valence-electron chi connectivity index (χ4n) is 1.89. The van der Waals surface area contributed by atoms with E-state index >= 15 is 0 Å². The Balaban J connectivity index is 1.66. The van der Waals surface area contributed by atoms with Gasteiger partial charge in [-0.2, -0.15) is 16.3 Å². The molecular weight excluding hydrogens is 290 g/mol. The fraction of sp³-hybridized carbons (Fsp3) is 0.500. The molecular formula is C14H19N3O3S. The van der Waals surface area contributed by atoms with Crippen molar-refractivity contribution in [3.05, 3.63) is 22.7 Å². The quantitative estimate of drug-likeness (QED) is 0.692. The van der Waals surface area contributed by atoms with Crippen molar-refractivity contribution in [3.63, 3.8) is 0 Å². The summed E-state index contributed by atoms with van der Waals surface area (Å²) in [6.45, 7) is 3.39. The highest BCUT2D eigenvalue weighted by Crippen LogP contribution is 2.18. The summed E-state index contributed by atoms with van der Waals surface area (Å²) in [6, 6.07) is 1.96. The van der Waals surface area contributed by atoms with Gasteiger partial charge < -0.3 is 14.9 Å². The maximum Gasteiger partial charge on any atom is 0.303 e. The Bertz CT molecular complexity index is 554. The zero-order valence-corrected chi connectivity index (χ0v) is 12.7. The van der Waals surface area contributed by atoms with Gasteiger partial charge in [-0.15, -0.1) is 0 Å². The summed E-state index contributed by atoms with van der Waals surface area (Å²) < 4.78 is 5.18. The summed E-state index contributed by atoms with van der Waals surface area (Å²) in [5.41, 5.74) is 0.970. The molecule has 1 atom stereocenters. The Morgan fingerprint density at radius 1 is 1.52 bits per heavy atom. The van der Waals surface area contributed by atoms with Gasteiger partial charge in [-0.1, -0.05) is 12.1 Å². The number of rotatable bonds is 9.